The molecule has 1 aromatic carbocycles. The Morgan fingerprint density at radius 1 is 1.19 bits per heavy atom. The van der Waals surface area contributed by atoms with Crippen molar-refractivity contribution >= 4 is 11.8 Å². The monoisotopic (exact) mass is 358 g/mol. The van der Waals surface area contributed by atoms with Crippen LogP contribution in [0.1, 0.15) is 38.2 Å². The fraction of sp³-hybridized carbons (Fsp3) is 0.500. The Bertz CT molecular complexity index is 822. The summed E-state index contributed by atoms with van der Waals surface area (Å²) in [5.41, 5.74) is 1.16. The highest BCUT2D eigenvalue weighted by atomic mass is 16.7. The van der Waals surface area contributed by atoms with Crippen LogP contribution in [0.25, 0.3) is 0 Å². The van der Waals surface area contributed by atoms with Gasteiger partial charge in [-0.3, -0.25) is 9.59 Å². The lowest BCUT2D eigenvalue weighted by atomic mass is 9.67. The topological polar surface area (TPSA) is 71.1 Å². The molecule has 2 bridgehead atoms. The van der Waals surface area contributed by atoms with Crippen LogP contribution in [-0.4, -0.2) is 32.3 Å². The van der Waals surface area contributed by atoms with E-state index in [0.717, 1.165) is 5.56 Å². The minimum atomic E-state index is -0.836. The number of Topliss-reactive ketones (excluding diaryl/α,β-unsaturated/α-hetero) is 1. The highest BCUT2D eigenvalue weighted by molar-refractivity contribution is 6.00. The number of carbonyl (C=O) groups excluding carboxylic acids is 2. The molecule has 138 valence electrons. The summed E-state index contributed by atoms with van der Waals surface area (Å²) in [5.74, 6) is 0.116. The van der Waals surface area contributed by atoms with Crippen LogP contribution < -0.4 is 9.47 Å². The first-order valence-electron chi connectivity index (χ1n) is 8.70. The molecule has 0 fully saturated rings. The van der Waals surface area contributed by atoms with Crippen LogP contribution in [0, 0.1) is 11.3 Å². The molecule has 2 heterocycles. The summed E-state index contributed by atoms with van der Waals surface area (Å²) in [6, 6.07) is 5.49. The normalized spacial score (nSPS) is 28.3. The maximum atomic E-state index is 13.0. The van der Waals surface area contributed by atoms with Crippen molar-refractivity contribution in [1.29, 1.82) is 0 Å². The van der Waals surface area contributed by atoms with Crippen molar-refractivity contribution in [2.75, 3.05) is 14.2 Å². The lowest BCUT2D eigenvalue weighted by Crippen LogP contribution is -2.49. The molecule has 3 atom stereocenters. The Hall–Kier alpha value is -2.50. The first-order valence-corrected chi connectivity index (χ1v) is 8.70. The van der Waals surface area contributed by atoms with Crippen LogP contribution in [-0.2, 0) is 19.1 Å². The number of esters is 1. The number of rotatable bonds is 2. The van der Waals surface area contributed by atoms with E-state index in [-0.39, 0.29) is 11.2 Å². The molecule has 0 spiro atoms. The molecule has 0 saturated carbocycles. The smallest absolute Gasteiger partial charge is 0.317 e. The van der Waals surface area contributed by atoms with Crippen molar-refractivity contribution in [3.63, 3.8) is 0 Å². The summed E-state index contributed by atoms with van der Waals surface area (Å²) < 4.78 is 22.4. The number of hydrogen-bond donors (Lipinski definition) is 0. The van der Waals surface area contributed by atoms with E-state index in [2.05, 4.69) is 0 Å². The summed E-state index contributed by atoms with van der Waals surface area (Å²) in [4.78, 5) is 25.5. The van der Waals surface area contributed by atoms with E-state index >= 15 is 0 Å². The SMILES string of the molecule is COC(=O)C1[C@H]2OC3=C(C(=O)CC(C)(C)C3)[C@@H]1c1cccc(OC)c1O2. The number of carbonyl (C=O) groups is 2. The van der Waals surface area contributed by atoms with Crippen molar-refractivity contribution < 1.29 is 28.5 Å². The fourth-order valence-electron chi connectivity index (χ4n) is 4.29. The highest BCUT2D eigenvalue weighted by Crippen LogP contribution is 2.55. The number of methoxy groups -OCH3 is 2. The van der Waals surface area contributed by atoms with Gasteiger partial charge in [-0.05, 0) is 11.5 Å². The van der Waals surface area contributed by atoms with Gasteiger partial charge in [0.2, 0.25) is 0 Å². The average molecular weight is 358 g/mol. The van der Waals surface area contributed by atoms with Gasteiger partial charge in [0.15, 0.2) is 17.3 Å². The number of ketones is 1. The zero-order chi connectivity index (χ0) is 18.6. The number of benzene rings is 1. The Morgan fingerprint density at radius 3 is 2.65 bits per heavy atom. The number of allylic oxidation sites excluding steroid dienone is 2. The Labute approximate surface area is 152 Å². The molecule has 0 amide bonds. The van der Waals surface area contributed by atoms with E-state index in [1.165, 1.54) is 7.11 Å². The zero-order valence-corrected chi connectivity index (χ0v) is 15.3. The van der Waals surface area contributed by atoms with E-state index in [4.69, 9.17) is 18.9 Å². The number of para-hydroxylation sites is 1. The van der Waals surface area contributed by atoms with Crippen LogP contribution >= 0.6 is 0 Å². The minimum absolute atomic E-state index is 0.0178. The second-order valence-electron chi connectivity index (χ2n) is 7.79. The maximum Gasteiger partial charge on any atom is 0.317 e. The predicted octanol–water partition coefficient (Wildman–Crippen LogP) is 2.96. The van der Waals surface area contributed by atoms with Crippen LogP contribution in [0.3, 0.4) is 0 Å². The molecule has 1 aliphatic carbocycles. The van der Waals surface area contributed by atoms with Crippen molar-refractivity contribution in [2.45, 2.75) is 38.9 Å². The van der Waals surface area contributed by atoms with Gasteiger partial charge in [-0.1, -0.05) is 26.0 Å². The van der Waals surface area contributed by atoms with Crippen LogP contribution in [0.5, 0.6) is 11.5 Å². The molecule has 1 unspecified atom stereocenters. The number of hydrogen-bond acceptors (Lipinski definition) is 6. The Kier molecular flexibility index (Phi) is 3.75. The third-order valence-corrected chi connectivity index (χ3v) is 5.37. The first-order chi connectivity index (χ1) is 12.4. The van der Waals surface area contributed by atoms with Gasteiger partial charge >= 0.3 is 5.97 Å². The van der Waals surface area contributed by atoms with E-state index in [1.54, 1.807) is 13.2 Å². The molecule has 6 heteroatoms. The number of fused-ring (bicyclic) bond motifs is 5. The molecule has 6 nitrogen and oxygen atoms in total. The average Bonchev–Trinajstić information content (AvgIpc) is 2.58. The van der Waals surface area contributed by atoms with Crippen molar-refractivity contribution in [1.82, 2.24) is 0 Å². The van der Waals surface area contributed by atoms with Crippen LogP contribution in [0.2, 0.25) is 0 Å². The van der Waals surface area contributed by atoms with Gasteiger partial charge in [0.1, 0.15) is 11.7 Å². The fourth-order valence-corrected chi connectivity index (χ4v) is 4.29. The van der Waals surface area contributed by atoms with Gasteiger partial charge in [0.05, 0.1) is 14.2 Å². The molecule has 0 aromatic heterocycles. The Morgan fingerprint density at radius 2 is 1.96 bits per heavy atom. The molecule has 0 N–H and O–H groups in total. The minimum Gasteiger partial charge on any atom is -0.493 e. The summed E-state index contributed by atoms with van der Waals surface area (Å²) >= 11 is 0. The number of ether oxygens (including phenoxy) is 4. The second-order valence-corrected chi connectivity index (χ2v) is 7.79. The third kappa shape index (κ3) is 2.39. The molecule has 4 rings (SSSR count). The van der Waals surface area contributed by atoms with E-state index in [0.29, 0.717) is 35.7 Å². The summed E-state index contributed by atoms with van der Waals surface area (Å²) in [6.45, 7) is 4.08. The van der Waals surface area contributed by atoms with Gasteiger partial charge in [0, 0.05) is 29.9 Å². The first kappa shape index (κ1) is 16.9. The quantitative estimate of drug-likeness (QED) is 0.757. The van der Waals surface area contributed by atoms with Gasteiger partial charge in [0.25, 0.3) is 6.29 Å². The van der Waals surface area contributed by atoms with Crippen molar-refractivity contribution in [3.8, 4) is 11.5 Å². The lowest BCUT2D eigenvalue weighted by molar-refractivity contribution is -0.172. The maximum absolute atomic E-state index is 13.0. The largest absolute Gasteiger partial charge is 0.493 e. The molecule has 26 heavy (non-hydrogen) atoms. The molecular formula is C20H22O6. The molecular weight excluding hydrogens is 336 g/mol. The van der Waals surface area contributed by atoms with E-state index in [1.807, 2.05) is 26.0 Å². The predicted molar refractivity (Wildman–Crippen MR) is 91.8 cm³/mol. The second kappa shape index (κ2) is 5.76. The van der Waals surface area contributed by atoms with Crippen LogP contribution in [0.15, 0.2) is 29.5 Å². The molecule has 1 aromatic rings. The van der Waals surface area contributed by atoms with Gasteiger partial charge in [-0.2, -0.15) is 0 Å². The van der Waals surface area contributed by atoms with Gasteiger partial charge < -0.3 is 18.9 Å². The van der Waals surface area contributed by atoms with Gasteiger partial charge in [-0.15, -0.1) is 0 Å². The van der Waals surface area contributed by atoms with Crippen molar-refractivity contribution in [3.05, 3.63) is 35.1 Å². The molecule has 3 aliphatic rings. The van der Waals surface area contributed by atoms with Crippen molar-refractivity contribution in [2.24, 2.45) is 11.3 Å². The standard InChI is InChI=1S/C20H22O6/c1-20(2)8-11(21)15-13(9-20)25-19-16(18(22)24-4)14(15)10-6-5-7-12(23-3)17(10)26-19/h5-7,14,16,19H,8-9H2,1-4H3/t14-,16?,19-/m0/s1. The zero-order valence-electron chi connectivity index (χ0n) is 15.3. The summed E-state index contributed by atoms with van der Waals surface area (Å²) in [5, 5.41) is 0. The van der Waals surface area contributed by atoms with Crippen LogP contribution in [0.4, 0.5) is 0 Å². The highest BCUT2D eigenvalue weighted by Gasteiger charge is 2.55. The molecule has 2 aliphatic heterocycles. The van der Waals surface area contributed by atoms with Gasteiger partial charge in [-0.25, -0.2) is 0 Å². The van der Waals surface area contributed by atoms with E-state index in [9.17, 15) is 9.59 Å². The third-order valence-electron chi connectivity index (χ3n) is 5.37. The Balaban J connectivity index is 1.93. The lowest BCUT2D eigenvalue weighted by Gasteiger charge is -2.46. The summed E-state index contributed by atoms with van der Waals surface area (Å²) in [6.07, 6.45) is 0.221. The molecule has 0 saturated heterocycles. The summed E-state index contributed by atoms with van der Waals surface area (Å²) in [7, 11) is 2.89. The van der Waals surface area contributed by atoms with E-state index < -0.39 is 24.1 Å². The molecule has 0 radical (unpaired) electrons.